The number of amides is 2. The van der Waals surface area contributed by atoms with Crippen LogP contribution in [0.4, 0.5) is 10.5 Å². The first-order chi connectivity index (χ1) is 8.86. The molecule has 0 saturated carbocycles. The fourth-order valence-electron chi connectivity index (χ4n) is 1.28. The zero-order valence-electron chi connectivity index (χ0n) is 9.91. The number of carboxylic acids is 1. The van der Waals surface area contributed by atoms with Gasteiger partial charge in [-0.05, 0) is 12.1 Å². The van der Waals surface area contributed by atoms with Crippen molar-refractivity contribution in [2.75, 3.05) is 18.9 Å². The van der Waals surface area contributed by atoms with Gasteiger partial charge in [0.05, 0.1) is 22.8 Å². The van der Waals surface area contributed by atoms with E-state index >= 15 is 0 Å². The highest BCUT2D eigenvalue weighted by Crippen LogP contribution is 2.30. The van der Waals surface area contributed by atoms with Crippen LogP contribution in [0.5, 0.6) is 0 Å². The number of carboxylic acid groups (broad SMARTS) is 1. The van der Waals surface area contributed by atoms with Gasteiger partial charge in [-0.1, -0.05) is 29.1 Å². The number of carbonyl (C=O) groups excluding carboxylic acids is 1. The van der Waals surface area contributed by atoms with Crippen LogP contribution >= 0.6 is 23.2 Å². The van der Waals surface area contributed by atoms with E-state index in [0.717, 1.165) is 0 Å². The average molecular weight is 301 g/mol. The second kappa shape index (κ2) is 6.32. The number of nitrogens with one attached hydrogen (secondary N) is 1. The number of hydrogen-bond donors (Lipinski definition) is 2. The van der Waals surface area contributed by atoms with Gasteiger partial charge >= 0.3 is 12.0 Å². The van der Waals surface area contributed by atoms with Gasteiger partial charge in [-0.2, -0.15) is 0 Å². The Morgan fingerprint density at radius 3 is 2.63 bits per heavy atom. The minimum absolute atomic E-state index is 0.0209. The molecule has 2 amide bonds. The molecule has 0 bridgehead atoms. The highest BCUT2D eigenvalue weighted by molar-refractivity contribution is 6.37. The molecular formula is C12H10Cl2N2O3. The lowest BCUT2D eigenvalue weighted by atomic mass is 10.2. The molecule has 0 aromatic heterocycles. The molecule has 5 nitrogen and oxygen atoms in total. The second-order valence-electron chi connectivity index (χ2n) is 3.61. The molecule has 100 valence electrons. The zero-order chi connectivity index (χ0) is 14.6. The molecule has 0 heterocycles. The van der Waals surface area contributed by atoms with Gasteiger partial charge in [-0.3, -0.25) is 0 Å². The summed E-state index contributed by atoms with van der Waals surface area (Å²) in [5.41, 5.74) is -0.215. The summed E-state index contributed by atoms with van der Waals surface area (Å²) in [5, 5.41) is 11.6. The normalized spacial score (nSPS) is 9.58. The number of halogens is 2. The smallest absolute Gasteiger partial charge is 0.337 e. The molecular weight excluding hydrogens is 291 g/mol. The largest absolute Gasteiger partial charge is 0.478 e. The molecule has 0 atom stereocenters. The molecule has 0 spiro atoms. The molecule has 0 fully saturated rings. The lowest BCUT2D eigenvalue weighted by molar-refractivity contribution is 0.0698. The van der Waals surface area contributed by atoms with Crippen LogP contribution in [-0.2, 0) is 0 Å². The number of rotatable bonds is 3. The first-order valence-electron chi connectivity index (χ1n) is 5.04. The number of terminal acetylenes is 1. The molecule has 7 heteroatoms. The van der Waals surface area contributed by atoms with E-state index in [4.69, 9.17) is 34.7 Å². The SMILES string of the molecule is C#CCN(C)C(=O)Nc1c(Cl)cc(Cl)cc1C(=O)O. The van der Waals surface area contributed by atoms with E-state index in [1.54, 1.807) is 0 Å². The number of aromatic carboxylic acids is 1. The van der Waals surface area contributed by atoms with Crippen molar-refractivity contribution in [3.63, 3.8) is 0 Å². The first-order valence-corrected chi connectivity index (χ1v) is 5.80. The van der Waals surface area contributed by atoms with E-state index in [1.807, 2.05) is 0 Å². The third-order valence-electron chi connectivity index (χ3n) is 2.19. The average Bonchev–Trinajstić information content (AvgIpc) is 2.32. The molecule has 0 aliphatic rings. The number of urea groups is 1. The van der Waals surface area contributed by atoms with Crippen molar-refractivity contribution in [1.29, 1.82) is 0 Å². The second-order valence-corrected chi connectivity index (χ2v) is 4.45. The topological polar surface area (TPSA) is 69.6 Å². The number of anilines is 1. The Kier molecular flexibility index (Phi) is 5.04. The highest BCUT2D eigenvalue weighted by atomic mass is 35.5. The van der Waals surface area contributed by atoms with Crippen molar-refractivity contribution < 1.29 is 14.7 Å². The van der Waals surface area contributed by atoms with Gasteiger partial charge in [0.25, 0.3) is 0 Å². The van der Waals surface area contributed by atoms with Crippen molar-refractivity contribution in [2.45, 2.75) is 0 Å². The van der Waals surface area contributed by atoms with E-state index in [0.29, 0.717) is 0 Å². The Morgan fingerprint density at radius 2 is 2.11 bits per heavy atom. The molecule has 0 aliphatic carbocycles. The molecule has 19 heavy (non-hydrogen) atoms. The van der Waals surface area contributed by atoms with E-state index in [-0.39, 0.29) is 27.8 Å². The van der Waals surface area contributed by atoms with E-state index < -0.39 is 12.0 Å². The fraction of sp³-hybridized carbons (Fsp3) is 0.167. The van der Waals surface area contributed by atoms with Crippen LogP contribution in [-0.4, -0.2) is 35.6 Å². The standard InChI is InChI=1S/C12H10Cl2N2O3/c1-3-4-16(2)12(19)15-10-8(11(17)18)5-7(13)6-9(10)14/h1,5-6H,4H2,2H3,(H,15,19)(H,17,18). The van der Waals surface area contributed by atoms with Crippen LogP contribution in [0.15, 0.2) is 12.1 Å². The monoisotopic (exact) mass is 300 g/mol. The van der Waals surface area contributed by atoms with Crippen LogP contribution in [0.2, 0.25) is 10.0 Å². The van der Waals surface area contributed by atoms with Crippen molar-refractivity contribution in [3.05, 3.63) is 27.7 Å². The summed E-state index contributed by atoms with van der Waals surface area (Å²) in [4.78, 5) is 24.0. The third kappa shape index (κ3) is 3.78. The summed E-state index contributed by atoms with van der Waals surface area (Å²) in [6, 6.07) is 1.98. The van der Waals surface area contributed by atoms with Gasteiger partial charge in [-0.25, -0.2) is 9.59 Å². The van der Waals surface area contributed by atoms with Crippen LogP contribution < -0.4 is 5.32 Å². The summed E-state index contributed by atoms with van der Waals surface area (Å²) in [7, 11) is 1.47. The molecule has 1 aromatic rings. The Balaban J connectivity index is 3.11. The molecule has 0 aliphatic heterocycles. The van der Waals surface area contributed by atoms with Gasteiger partial charge in [0.1, 0.15) is 0 Å². The van der Waals surface area contributed by atoms with Crippen LogP contribution in [0.25, 0.3) is 0 Å². The predicted octanol–water partition coefficient (Wildman–Crippen LogP) is 2.79. The van der Waals surface area contributed by atoms with Gasteiger partial charge in [0.2, 0.25) is 0 Å². The Bertz CT molecular complexity index is 567. The summed E-state index contributed by atoms with van der Waals surface area (Å²) >= 11 is 11.6. The fourth-order valence-corrected chi connectivity index (χ4v) is 1.82. The highest BCUT2D eigenvalue weighted by Gasteiger charge is 2.18. The van der Waals surface area contributed by atoms with E-state index in [2.05, 4.69) is 11.2 Å². The van der Waals surface area contributed by atoms with Crippen molar-refractivity contribution in [3.8, 4) is 12.3 Å². The van der Waals surface area contributed by atoms with Crippen molar-refractivity contribution in [1.82, 2.24) is 4.90 Å². The molecule has 1 rings (SSSR count). The first kappa shape index (κ1) is 15.2. The van der Waals surface area contributed by atoms with Gasteiger partial charge in [-0.15, -0.1) is 6.42 Å². The Hall–Kier alpha value is -1.90. The van der Waals surface area contributed by atoms with Crippen molar-refractivity contribution >= 4 is 40.9 Å². The molecule has 0 saturated heterocycles. The quantitative estimate of drug-likeness (QED) is 0.843. The summed E-state index contributed by atoms with van der Waals surface area (Å²) in [6.07, 6.45) is 5.08. The summed E-state index contributed by atoms with van der Waals surface area (Å²) in [5.74, 6) is 1.04. The van der Waals surface area contributed by atoms with Crippen LogP contribution in [0, 0.1) is 12.3 Å². The van der Waals surface area contributed by atoms with E-state index in [1.165, 1.54) is 24.1 Å². The number of carbonyl (C=O) groups is 2. The number of hydrogen-bond acceptors (Lipinski definition) is 2. The maximum Gasteiger partial charge on any atom is 0.337 e. The number of nitrogens with zero attached hydrogens (tertiary/aromatic N) is 1. The molecule has 1 aromatic carbocycles. The maximum absolute atomic E-state index is 11.7. The molecule has 0 unspecified atom stereocenters. The van der Waals surface area contributed by atoms with Crippen molar-refractivity contribution in [2.24, 2.45) is 0 Å². The third-order valence-corrected chi connectivity index (χ3v) is 2.71. The summed E-state index contributed by atoms with van der Waals surface area (Å²) < 4.78 is 0. The molecule has 0 radical (unpaired) electrons. The maximum atomic E-state index is 11.7. The number of benzene rings is 1. The van der Waals surface area contributed by atoms with E-state index in [9.17, 15) is 9.59 Å². The minimum atomic E-state index is -1.25. The minimum Gasteiger partial charge on any atom is -0.478 e. The van der Waals surface area contributed by atoms with Gasteiger partial charge in [0.15, 0.2) is 0 Å². The van der Waals surface area contributed by atoms with Gasteiger partial charge < -0.3 is 15.3 Å². The van der Waals surface area contributed by atoms with Crippen LogP contribution in [0.3, 0.4) is 0 Å². The Labute approximate surface area is 120 Å². The van der Waals surface area contributed by atoms with Gasteiger partial charge in [0, 0.05) is 12.1 Å². The lowest BCUT2D eigenvalue weighted by Gasteiger charge is -2.17. The zero-order valence-corrected chi connectivity index (χ0v) is 11.4. The predicted molar refractivity (Wildman–Crippen MR) is 73.9 cm³/mol. The summed E-state index contributed by atoms with van der Waals surface area (Å²) in [6.45, 7) is 0.0828. The van der Waals surface area contributed by atoms with Crippen LogP contribution in [0.1, 0.15) is 10.4 Å². The Morgan fingerprint density at radius 1 is 1.47 bits per heavy atom. The lowest BCUT2D eigenvalue weighted by Crippen LogP contribution is -2.32. The molecule has 2 N–H and O–H groups in total.